The molecule has 1 aliphatic heterocycles. The highest BCUT2D eigenvalue weighted by molar-refractivity contribution is 8.00. The van der Waals surface area contributed by atoms with E-state index in [2.05, 4.69) is 0 Å². The molecule has 0 saturated carbocycles. The van der Waals surface area contributed by atoms with Crippen LogP contribution in [-0.4, -0.2) is 53.0 Å². The van der Waals surface area contributed by atoms with Crippen LogP contribution in [0.1, 0.15) is 17.3 Å². The number of benzene rings is 2. The minimum Gasteiger partial charge on any atom is -0.338 e. The number of piperazine rings is 1. The van der Waals surface area contributed by atoms with Gasteiger partial charge in [0.1, 0.15) is 0 Å². The highest BCUT2D eigenvalue weighted by Crippen LogP contribution is 2.24. The van der Waals surface area contributed by atoms with Gasteiger partial charge in [0.05, 0.1) is 5.25 Å². The summed E-state index contributed by atoms with van der Waals surface area (Å²) in [7, 11) is 0. The number of hydrogen-bond acceptors (Lipinski definition) is 3. The second-order valence-electron chi connectivity index (χ2n) is 6.06. The molecule has 25 heavy (non-hydrogen) atoms. The van der Waals surface area contributed by atoms with E-state index in [4.69, 9.17) is 0 Å². The smallest absolute Gasteiger partial charge is 0.253 e. The molecule has 1 aliphatic rings. The van der Waals surface area contributed by atoms with E-state index in [9.17, 15) is 9.59 Å². The molecule has 1 atom stereocenters. The van der Waals surface area contributed by atoms with Crippen LogP contribution in [-0.2, 0) is 4.79 Å². The molecule has 5 heteroatoms. The van der Waals surface area contributed by atoms with E-state index in [1.807, 2.05) is 77.4 Å². The molecule has 4 nitrogen and oxygen atoms in total. The Morgan fingerprint density at radius 1 is 0.840 bits per heavy atom. The van der Waals surface area contributed by atoms with Crippen molar-refractivity contribution in [1.82, 2.24) is 9.80 Å². The molecule has 0 aromatic heterocycles. The van der Waals surface area contributed by atoms with Crippen LogP contribution in [0.4, 0.5) is 0 Å². The standard InChI is InChI=1S/C20H22N2O2S/c1-16(25-18-10-6-3-7-11-18)19(23)21-12-14-22(15-13-21)20(24)17-8-4-2-5-9-17/h2-11,16H,12-15H2,1H3/t16-/m1/s1. The first-order valence-electron chi connectivity index (χ1n) is 8.50. The molecule has 0 unspecified atom stereocenters. The minimum atomic E-state index is -0.126. The Balaban J connectivity index is 1.53. The molecule has 1 heterocycles. The lowest BCUT2D eigenvalue weighted by Crippen LogP contribution is -2.52. The molecule has 0 radical (unpaired) electrons. The highest BCUT2D eigenvalue weighted by Gasteiger charge is 2.27. The largest absolute Gasteiger partial charge is 0.338 e. The molecule has 130 valence electrons. The third-order valence-electron chi connectivity index (χ3n) is 4.30. The van der Waals surface area contributed by atoms with Crippen LogP contribution in [0, 0.1) is 0 Å². The van der Waals surface area contributed by atoms with Gasteiger partial charge in [-0.25, -0.2) is 0 Å². The van der Waals surface area contributed by atoms with E-state index in [-0.39, 0.29) is 17.1 Å². The van der Waals surface area contributed by atoms with Crippen molar-refractivity contribution < 1.29 is 9.59 Å². The first kappa shape index (κ1) is 17.5. The Morgan fingerprint density at radius 3 is 1.96 bits per heavy atom. The summed E-state index contributed by atoms with van der Waals surface area (Å²) in [6, 6.07) is 19.3. The maximum absolute atomic E-state index is 12.7. The second kappa shape index (κ2) is 8.21. The zero-order valence-corrected chi connectivity index (χ0v) is 15.1. The van der Waals surface area contributed by atoms with Gasteiger partial charge in [-0.05, 0) is 31.2 Å². The fourth-order valence-corrected chi connectivity index (χ4v) is 3.88. The minimum absolute atomic E-state index is 0.0411. The number of nitrogens with zero attached hydrogens (tertiary/aromatic N) is 2. The predicted octanol–water partition coefficient (Wildman–Crippen LogP) is 3.15. The number of amides is 2. The maximum atomic E-state index is 12.7. The molecule has 2 aromatic carbocycles. The third-order valence-corrected chi connectivity index (χ3v) is 5.40. The summed E-state index contributed by atoms with van der Waals surface area (Å²) in [6.07, 6.45) is 0. The number of carbonyl (C=O) groups excluding carboxylic acids is 2. The monoisotopic (exact) mass is 354 g/mol. The highest BCUT2D eigenvalue weighted by atomic mass is 32.2. The molecule has 1 saturated heterocycles. The van der Waals surface area contributed by atoms with E-state index in [0.29, 0.717) is 31.7 Å². The average Bonchev–Trinajstić information content (AvgIpc) is 2.68. The molecule has 0 spiro atoms. The normalized spacial score (nSPS) is 15.7. The van der Waals surface area contributed by atoms with Crippen molar-refractivity contribution in [3.8, 4) is 0 Å². The second-order valence-corrected chi connectivity index (χ2v) is 7.47. The Bertz CT molecular complexity index is 713. The van der Waals surface area contributed by atoms with Crippen LogP contribution in [0.15, 0.2) is 65.6 Å². The van der Waals surface area contributed by atoms with Crippen LogP contribution in [0.2, 0.25) is 0 Å². The lowest BCUT2D eigenvalue weighted by Gasteiger charge is -2.36. The third kappa shape index (κ3) is 4.42. The topological polar surface area (TPSA) is 40.6 Å². The summed E-state index contributed by atoms with van der Waals surface area (Å²) in [5.74, 6) is 0.181. The quantitative estimate of drug-likeness (QED) is 0.792. The average molecular weight is 354 g/mol. The zero-order valence-electron chi connectivity index (χ0n) is 14.3. The van der Waals surface area contributed by atoms with Crippen LogP contribution >= 0.6 is 11.8 Å². The van der Waals surface area contributed by atoms with Crippen LogP contribution in [0.25, 0.3) is 0 Å². The van der Waals surface area contributed by atoms with Crippen molar-refractivity contribution in [3.05, 3.63) is 66.2 Å². The molecule has 2 aromatic rings. The van der Waals surface area contributed by atoms with Crippen LogP contribution in [0.5, 0.6) is 0 Å². The molecule has 2 amide bonds. The van der Waals surface area contributed by atoms with Crippen molar-refractivity contribution in [2.45, 2.75) is 17.1 Å². The van der Waals surface area contributed by atoms with Gasteiger partial charge in [-0.15, -0.1) is 11.8 Å². The first-order chi connectivity index (χ1) is 12.1. The fraction of sp³-hybridized carbons (Fsp3) is 0.300. The Labute approximate surface area is 152 Å². The summed E-state index contributed by atoms with van der Waals surface area (Å²) in [5.41, 5.74) is 0.704. The molecular weight excluding hydrogens is 332 g/mol. The Hall–Kier alpha value is -2.27. The van der Waals surface area contributed by atoms with Crippen molar-refractivity contribution >= 4 is 23.6 Å². The van der Waals surface area contributed by atoms with Gasteiger partial charge in [0.15, 0.2) is 0 Å². The van der Waals surface area contributed by atoms with Crippen molar-refractivity contribution in [2.75, 3.05) is 26.2 Å². The summed E-state index contributed by atoms with van der Waals surface area (Å²) in [5, 5.41) is -0.126. The van der Waals surface area contributed by atoms with Gasteiger partial charge in [0, 0.05) is 36.6 Å². The van der Waals surface area contributed by atoms with Crippen LogP contribution in [0.3, 0.4) is 0 Å². The Kier molecular flexibility index (Phi) is 5.76. The van der Waals surface area contributed by atoms with Gasteiger partial charge in [-0.1, -0.05) is 36.4 Å². The molecule has 0 aliphatic carbocycles. The van der Waals surface area contributed by atoms with Gasteiger partial charge in [0.2, 0.25) is 5.91 Å². The van der Waals surface area contributed by atoms with E-state index < -0.39 is 0 Å². The van der Waals surface area contributed by atoms with Gasteiger partial charge in [-0.2, -0.15) is 0 Å². The summed E-state index contributed by atoms with van der Waals surface area (Å²) in [4.78, 5) is 29.9. The lowest BCUT2D eigenvalue weighted by molar-refractivity contribution is -0.131. The van der Waals surface area contributed by atoms with Gasteiger partial charge in [0.25, 0.3) is 5.91 Å². The van der Waals surface area contributed by atoms with E-state index >= 15 is 0 Å². The fourth-order valence-electron chi connectivity index (χ4n) is 2.90. The van der Waals surface area contributed by atoms with Crippen LogP contribution < -0.4 is 0 Å². The number of hydrogen-bond donors (Lipinski definition) is 0. The summed E-state index contributed by atoms with van der Waals surface area (Å²) >= 11 is 1.58. The van der Waals surface area contributed by atoms with Crippen molar-refractivity contribution in [3.63, 3.8) is 0 Å². The zero-order chi connectivity index (χ0) is 17.6. The number of thioether (sulfide) groups is 1. The number of carbonyl (C=O) groups is 2. The maximum Gasteiger partial charge on any atom is 0.253 e. The Morgan fingerprint density at radius 2 is 1.36 bits per heavy atom. The lowest BCUT2D eigenvalue weighted by atomic mass is 10.2. The molecule has 1 fully saturated rings. The van der Waals surface area contributed by atoms with Crippen molar-refractivity contribution in [1.29, 1.82) is 0 Å². The predicted molar refractivity (Wildman–Crippen MR) is 101 cm³/mol. The van der Waals surface area contributed by atoms with Crippen molar-refractivity contribution in [2.24, 2.45) is 0 Å². The van der Waals surface area contributed by atoms with E-state index in [0.717, 1.165) is 4.90 Å². The molecule has 3 rings (SSSR count). The number of rotatable bonds is 4. The van der Waals surface area contributed by atoms with Gasteiger partial charge < -0.3 is 9.80 Å². The molecule has 0 N–H and O–H groups in total. The van der Waals surface area contributed by atoms with Gasteiger partial charge >= 0.3 is 0 Å². The molecule has 0 bridgehead atoms. The van der Waals surface area contributed by atoms with E-state index in [1.54, 1.807) is 11.8 Å². The SMILES string of the molecule is C[C@@H](Sc1ccccc1)C(=O)N1CCN(C(=O)c2ccccc2)CC1. The summed E-state index contributed by atoms with van der Waals surface area (Å²) < 4.78 is 0. The van der Waals surface area contributed by atoms with E-state index in [1.165, 1.54) is 0 Å². The molecular formula is C20H22N2O2S. The summed E-state index contributed by atoms with van der Waals surface area (Å²) in [6.45, 7) is 4.31. The first-order valence-corrected chi connectivity index (χ1v) is 9.38. The van der Waals surface area contributed by atoms with Gasteiger partial charge in [-0.3, -0.25) is 9.59 Å².